The van der Waals surface area contributed by atoms with Crippen molar-refractivity contribution in [2.75, 3.05) is 25.1 Å². The van der Waals surface area contributed by atoms with Gasteiger partial charge in [0.2, 0.25) is 0 Å². The quantitative estimate of drug-likeness (QED) is 0.621. The molecule has 8 heteroatoms. The maximum Gasteiger partial charge on any atom is 0.271 e. The van der Waals surface area contributed by atoms with E-state index in [-0.39, 0.29) is 11.7 Å². The number of carbonyl (C=O) groups is 1. The molecule has 1 amide bonds. The molecule has 18 heavy (non-hydrogen) atoms. The van der Waals surface area contributed by atoms with Crippen molar-refractivity contribution in [3.8, 4) is 0 Å². The van der Waals surface area contributed by atoms with Crippen LogP contribution in [-0.4, -0.2) is 49.0 Å². The number of amides is 1. The van der Waals surface area contributed by atoms with Crippen molar-refractivity contribution < 1.29 is 13.2 Å². The van der Waals surface area contributed by atoms with E-state index in [0.717, 1.165) is 0 Å². The van der Waals surface area contributed by atoms with Crippen LogP contribution in [0, 0.1) is 0 Å². The number of carbonyl (C=O) groups excluding carboxylic acids is 1. The topological polar surface area (TPSA) is 107 Å². The summed E-state index contributed by atoms with van der Waals surface area (Å²) in [4.78, 5) is 15.6. The fourth-order valence-electron chi connectivity index (χ4n) is 1.38. The predicted molar refractivity (Wildman–Crippen MR) is 67.9 cm³/mol. The van der Waals surface area contributed by atoms with E-state index >= 15 is 0 Å². The van der Waals surface area contributed by atoms with Crippen LogP contribution in [0.15, 0.2) is 12.5 Å². The molecular formula is C10H18N4O3S. The summed E-state index contributed by atoms with van der Waals surface area (Å²) in [7, 11) is -2.97. The lowest BCUT2D eigenvalue weighted by Gasteiger charge is -2.02. The normalized spacial score (nSPS) is 11.4. The molecule has 0 bridgehead atoms. The zero-order valence-electron chi connectivity index (χ0n) is 10.3. The first-order valence-corrected chi connectivity index (χ1v) is 7.66. The fourth-order valence-corrected chi connectivity index (χ4v) is 2.04. The maximum atomic E-state index is 11.6. The van der Waals surface area contributed by atoms with Gasteiger partial charge >= 0.3 is 0 Å². The van der Waals surface area contributed by atoms with Crippen molar-refractivity contribution in [3.05, 3.63) is 18.2 Å². The number of nitrogens with two attached hydrogens (primary N) is 1. The molecule has 1 aromatic heterocycles. The number of sulfone groups is 1. The summed E-state index contributed by atoms with van der Waals surface area (Å²) in [6.07, 6.45) is 4.72. The number of aromatic nitrogens is 2. The minimum absolute atomic E-state index is 0.0644. The molecule has 1 heterocycles. The zero-order chi connectivity index (χ0) is 13.6. The van der Waals surface area contributed by atoms with Gasteiger partial charge < -0.3 is 15.6 Å². The third-order valence-electron chi connectivity index (χ3n) is 2.23. The van der Waals surface area contributed by atoms with E-state index in [0.29, 0.717) is 31.7 Å². The van der Waals surface area contributed by atoms with Gasteiger partial charge in [-0.3, -0.25) is 4.79 Å². The molecule has 0 saturated carbocycles. The second-order valence-electron chi connectivity index (χ2n) is 4.02. The van der Waals surface area contributed by atoms with Gasteiger partial charge in [0.15, 0.2) is 0 Å². The molecule has 102 valence electrons. The number of rotatable bonds is 7. The molecule has 0 fully saturated rings. The summed E-state index contributed by atoms with van der Waals surface area (Å²) in [6, 6.07) is 0. The molecule has 0 radical (unpaired) electrons. The highest BCUT2D eigenvalue weighted by Crippen LogP contribution is 1.96. The van der Waals surface area contributed by atoms with Gasteiger partial charge in [-0.05, 0) is 6.42 Å². The first-order valence-electron chi connectivity index (χ1n) is 5.60. The van der Waals surface area contributed by atoms with Crippen LogP contribution in [0.2, 0.25) is 0 Å². The van der Waals surface area contributed by atoms with Crippen LogP contribution in [0.4, 0.5) is 0 Å². The number of hydrogen-bond acceptors (Lipinski definition) is 5. The Morgan fingerprint density at radius 2 is 2.28 bits per heavy atom. The summed E-state index contributed by atoms with van der Waals surface area (Å²) in [5, 5.41) is 2.62. The van der Waals surface area contributed by atoms with Crippen LogP contribution < -0.4 is 11.1 Å². The lowest BCUT2D eigenvalue weighted by molar-refractivity contribution is 0.0949. The standard InChI is InChI=1S/C10H18N4O3S/c1-18(16,17)6-2-4-12-10(15)9-7-14(5-3-11)8-13-9/h7-8H,2-6,11H2,1H3,(H,12,15). The Kier molecular flexibility index (Phi) is 5.29. The molecule has 0 aromatic carbocycles. The number of imidazole rings is 1. The van der Waals surface area contributed by atoms with E-state index in [1.54, 1.807) is 10.8 Å². The molecule has 7 nitrogen and oxygen atoms in total. The van der Waals surface area contributed by atoms with Crippen molar-refractivity contribution in [2.24, 2.45) is 5.73 Å². The third kappa shape index (κ3) is 5.28. The van der Waals surface area contributed by atoms with E-state index in [2.05, 4.69) is 10.3 Å². The van der Waals surface area contributed by atoms with Crippen LogP contribution in [0.25, 0.3) is 0 Å². The average Bonchev–Trinajstić information content (AvgIpc) is 2.72. The van der Waals surface area contributed by atoms with Gasteiger partial charge in [0.25, 0.3) is 5.91 Å². The number of nitrogens with zero attached hydrogens (tertiary/aromatic N) is 2. The molecule has 0 atom stereocenters. The summed E-state index contributed by atoms with van der Waals surface area (Å²) in [5.74, 6) is -0.242. The molecule has 0 aliphatic carbocycles. The molecule has 3 N–H and O–H groups in total. The van der Waals surface area contributed by atoms with Gasteiger partial charge in [-0.2, -0.15) is 0 Å². The Balaban J connectivity index is 2.36. The summed E-state index contributed by atoms with van der Waals surface area (Å²) in [5.41, 5.74) is 5.69. The van der Waals surface area contributed by atoms with Gasteiger partial charge in [0.1, 0.15) is 15.5 Å². The molecule has 0 aliphatic rings. The Bertz CT molecular complexity index is 495. The number of nitrogens with one attached hydrogen (secondary N) is 1. The second kappa shape index (κ2) is 6.50. The first kappa shape index (κ1) is 14.7. The molecule has 0 unspecified atom stereocenters. The van der Waals surface area contributed by atoms with Gasteiger partial charge in [0.05, 0.1) is 12.1 Å². The van der Waals surface area contributed by atoms with Crippen LogP contribution in [0.3, 0.4) is 0 Å². The average molecular weight is 274 g/mol. The maximum absolute atomic E-state index is 11.6. The third-order valence-corrected chi connectivity index (χ3v) is 3.26. The smallest absolute Gasteiger partial charge is 0.271 e. The van der Waals surface area contributed by atoms with Crippen molar-refractivity contribution in [3.63, 3.8) is 0 Å². The van der Waals surface area contributed by atoms with Gasteiger partial charge in [-0.1, -0.05) is 0 Å². The Morgan fingerprint density at radius 1 is 1.56 bits per heavy atom. The highest BCUT2D eigenvalue weighted by molar-refractivity contribution is 7.90. The van der Waals surface area contributed by atoms with Crippen LogP contribution in [0.1, 0.15) is 16.9 Å². The molecule has 1 aromatic rings. The molecule has 0 aliphatic heterocycles. The lowest BCUT2D eigenvalue weighted by Crippen LogP contribution is -2.26. The largest absolute Gasteiger partial charge is 0.351 e. The van der Waals surface area contributed by atoms with Gasteiger partial charge in [0, 0.05) is 32.1 Å². The van der Waals surface area contributed by atoms with Crippen molar-refractivity contribution >= 4 is 15.7 Å². The van der Waals surface area contributed by atoms with E-state index in [9.17, 15) is 13.2 Å². The van der Waals surface area contributed by atoms with E-state index < -0.39 is 9.84 Å². The SMILES string of the molecule is CS(=O)(=O)CCCNC(=O)c1cn(CCN)cn1. The van der Waals surface area contributed by atoms with E-state index in [1.165, 1.54) is 12.6 Å². The summed E-state index contributed by atoms with van der Waals surface area (Å²) < 4.78 is 23.5. The first-order chi connectivity index (χ1) is 8.42. The van der Waals surface area contributed by atoms with E-state index in [4.69, 9.17) is 5.73 Å². The molecule has 0 saturated heterocycles. The Hall–Kier alpha value is -1.41. The van der Waals surface area contributed by atoms with Crippen LogP contribution in [-0.2, 0) is 16.4 Å². The van der Waals surface area contributed by atoms with Crippen LogP contribution >= 0.6 is 0 Å². The number of hydrogen-bond donors (Lipinski definition) is 2. The summed E-state index contributed by atoms with van der Waals surface area (Å²) >= 11 is 0. The highest BCUT2D eigenvalue weighted by Gasteiger charge is 2.09. The second-order valence-corrected chi connectivity index (χ2v) is 6.28. The fraction of sp³-hybridized carbons (Fsp3) is 0.600. The molecule has 1 rings (SSSR count). The highest BCUT2D eigenvalue weighted by atomic mass is 32.2. The van der Waals surface area contributed by atoms with Crippen molar-refractivity contribution in [1.82, 2.24) is 14.9 Å². The van der Waals surface area contributed by atoms with Gasteiger partial charge in [-0.25, -0.2) is 13.4 Å². The van der Waals surface area contributed by atoms with E-state index in [1.807, 2.05) is 0 Å². The van der Waals surface area contributed by atoms with Gasteiger partial charge in [-0.15, -0.1) is 0 Å². The summed E-state index contributed by atoms with van der Waals surface area (Å²) in [6.45, 7) is 1.40. The molecular weight excluding hydrogens is 256 g/mol. The predicted octanol–water partition coefficient (Wildman–Crippen LogP) is -0.994. The van der Waals surface area contributed by atoms with Crippen molar-refractivity contribution in [2.45, 2.75) is 13.0 Å². The molecule has 0 spiro atoms. The minimum atomic E-state index is -2.97. The van der Waals surface area contributed by atoms with Crippen LogP contribution in [0.5, 0.6) is 0 Å². The Labute approximate surface area is 106 Å². The minimum Gasteiger partial charge on any atom is -0.351 e. The Morgan fingerprint density at radius 3 is 2.89 bits per heavy atom. The van der Waals surface area contributed by atoms with Crippen molar-refractivity contribution in [1.29, 1.82) is 0 Å². The monoisotopic (exact) mass is 274 g/mol. The zero-order valence-corrected chi connectivity index (χ0v) is 11.1. The lowest BCUT2D eigenvalue weighted by atomic mass is 10.4.